The number of hydrogen-bond acceptors (Lipinski definition) is 4. The van der Waals surface area contributed by atoms with Crippen LogP contribution < -0.4 is 5.32 Å². The zero-order chi connectivity index (χ0) is 16.1. The summed E-state index contributed by atoms with van der Waals surface area (Å²) in [4.78, 5) is 2.33. The summed E-state index contributed by atoms with van der Waals surface area (Å²) in [5.74, 6) is 1.79. The molecule has 1 aromatic carbocycles. The lowest BCUT2D eigenvalue weighted by atomic mass is 10.1. The SMILES string of the molecule is Cc1ccc(-c2ccc(CNCC(O)CN3CCCC3)o2)cc1. The maximum atomic E-state index is 10.1. The number of aliphatic hydroxyl groups excluding tert-OH is 1. The third-order valence-electron chi connectivity index (χ3n) is 4.34. The van der Waals surface area contributed by atoms with E-state index in [2.05, 4.69) is 41.4 Å². The van der Waals surface area contributed by atoms with Crippen molar-refractivity contribution in [2.24, 2.45) is 0 Å². The number of β-amino-alcohol motifs (C(OH)–C–C–N with tert-alkyl or cyclic N) is 1. The molecule has 0 amide bonds. The van der Waals surface area contributed by atoms with Crippen molar-refractivity contribution in [3.63, 3.8) is 0 Å². The van der Waals surface area contributed by atoms with Gasteiger partial charge in [-0.1, -0.05) is 29.8 Å². The Morgan fingerprint density at radius 2 is 1.87 bits per heavy atom. The fourth-order valence-corrected chi connectivity index (χ4v) is 3.04. The average Bonchev–Trinajstić information content (AvgIpc) is 3.20. The van der Waals surface area contributed by atoms with Crippen LogP contribution in [0.2, 0.25) is 0 Å². The molecule has 0 saturated carbocycles. The van der Waals surface area contributed by atoms with E-state index in [9.17, 15) is 5.11 Å². The van der Waals surface area contributed by atoms with Gasteiger partial charge in [-0.25, -0.2) is 0 Å². The van der Waals surface area contributed by atoms with Crippen LogP contribution in [0.3, 0.4) is 0 Å². The van der Waals surface area contributed by atoms with Crippen LogP contribution in [0, 0.1) is 6.92 Å². The van der Waals surface area contributed by atoms with Gasteiger partial charge in [0.25, 0.3) is 0 Å². The van der Waals surface area contributed by atoms with Crippen molar-refractivity contribution in [1.29, 1.82) is 0 Å². The Balaban J connectivity index is 1.44. The van der Waals surface area contributed by atoms with Gasteiger partial charge in [0.15, 0.2) is 0 Å². The molecule has 3 rings (SSSR count). The number of nitrogens with zero attached hydrogens (tertiary/aromatic N) is 1. The lowest BCUT2D eigenvalue weighted by Crippen LogP contribution is -2.36. The zero-order valence-corrected chi connectivity index (χ0v) is 13.8. The van der Waals surface area contributed by atoms with Crippen molar-refractivity contribution in [2.75, 3.05) is 26.2 Å². The van der Waals surface area contributed by atoms with E-state index in [-0.39, 0.29) is 6.10 Å². The fourth-order valence-electron chi connectivity index (χ4n) is 3.04. The predicted octanol–water partition coefficient (Wildman–Crippen LogP) is 2.80. The first kappa shape index (κ1) is 16.2. The van der Waals surface area contributed by atoms with E-state index < -0.39 is 0 Å². The molecule has 1 unspecified atom stereocenters. The van der Waals surface area contributed by atoms with E-state index in [0.717, 1.165) is 36.7 Å². The van der Waals surface area contributed by atoms with Gasteiger partial charge in [-0.3, -0.25) is 0 Å². The summed E-state index contributed by atoms with van der Waals surface area (Å²) in [5.41, 5.74) is 2.34. The molecule has 23 heavy (non-hydrogen) atoms. The Morgan fingerprint density at radius 3 is 2.61 bits per heavy atom. The summed E-state index contributed by atoms with van der Waals surface area (Å²) in [6, 6.07) is 12.3. The predicted molar refractivity (Wildman–Crippen MR) is 92.3 cm³/mol. The van der Waals surface area contributed by atoms with Crippen molar-refractivity contribution in [2.45, 2.75) is 32.4 Å². The quantitative estimate of drug-likeness (QED) is 0.825. The van der Waals surface area contributed by atoms with Crippen LogP contribution in [0.25, 0.3) is 11.3 Å². The number of furan rings is 1. The number of rotatable bonds is 7. The van der Waals surface area contributed by atoms with Gasteiger partial charge in [-0.15, -0.1) is 0 Å². The molecule has 1 atom stereocenters. The summed E-state index contributed by atoms with van der Waals surface area (Å²) < 4.78 is 5.87. The van der Waals surface area contributed by atoms with Crippen LogP contribution in [-0.2, 0) is 6.54 Å². The molecule has 1 saturated heterocycles. The Labute approximate surface area is 138 Å². The molecule has 124 valence electrons. The minimum atomic E-state index is -0.320. The summed E-state index contributed by atoms with van der Waals surface area (Å²) >= 11 is 0. The second kappa shape index (κ2) is 7.77. The molecule has 1 aromatic heterocycles. The number of aliphatic hydroxyl groups is 1. The van der Waals surface area contributed by atoms with Crippen LogP contribution in [0.4, 0.5) is 0 Å². The first-order valence-electron chi connectivity index (χ1n) is 8.47. The van der Waals surface area contributed by atoms with Gasteiger partial charge in [0.05, 0.1) is 12.6 Å². The second-order valence-corrected chi connectivity index (χ2v) is 6.42. The van der Waals surface area contributed by atoms with Gasteiger partial charge in [0.2, 0.25) is 0 Å². The number of likely N-dealkylation sites (tertiary alicyclic amines) is 1. The van der Waals surface area contributed by atoms with Gasteiger partial charge >= 0.3 is 0 Å². The molecule has 1 fully saturated rings. The second-order valence-electron chi connectivity index (χ2n) is 6.42. The van der Waals surface area contributed by atoms with E-state index in [0.29, 0.717) is 13.1 Å². The molecule has 0 radical (unpaired) electrons. The van der Waals surface area contributed by atoms with Gasteiger partial charge in [-0.2, -0.15) is 0 Å². The van der Waals surface area contributed by atoms with Gasteiger partial charge in [-0.05, 0) is 45.0 Å². The number of aryl methyl sites for hydroxylation is 1. The van der Waals surface area contributed by atoms with E-state index in [1.165, 1.54) is 18.4 Å². The minimum Gasteiger partial charge on any atom is -0.460 e. The lowest BCUT2D eigenvalue weighted by molar-refractivity contribution is 0.123. The number of hydrogen-bond donors (Lipinski definition) is 2. The monoisotopic (exact) mass is 314 g/mol. The molecule has 2 N–H and O–H groups in total. The molecule has 2 heterocycles. The van der Waals surface area contributed by atoms with Crippen LogP contribution in [0.15, 0.2) is 40.8 Å². The maximum absolute atomic E-state index is 10.1. The number of nitrogens with one attached hydrogen (secondary N) is 1. The number of benzene rings is 1. The summed E-state index contributed by atoms with van der Waals surface area (Å²) in [6.07, 6.45) is 2.20. The van der Waals surface area contributed by atoms with E-state index in [1.54, 1.807) is 0 Å². The first-order valence-corrected chi connectivity index (χ1v) is 8.47. The first-order chi connectivity index (χ1) is 11.2. The molecule has 1 aliphatic rings. The van der Waals surface area contributed by atoms with Crippen molar-refractivity contribution >= 4 is 0 Å². The van der Waals surface area contributed by atoms with Crippen molar-refractivity contribution in [3.05, 3.63) is 47.7 Å². The Kier molecular flexibility index (Phi) is 5.49. The van der Waals surface area contributed by atoms with Crippen LogP contribution in [0.1, 0.15) is 24.2 Å². The van der Waals surface area contributed by atoms with E-state index >= 15 is 0 Å². The molecule has 0 spiro atoms. The molecule has 4 heteroatoms. The van der Waals surface area contributed by atoms with Gasteiger partial charge < -0.3 is 19.7 Å². The smallest absolute Gasteiger partial charge is 0.134 e. The van der Waals surface area contributed by atoms with Crippen LogP contribution in [0.5, 0.6) is 0 Å². The average molecular weight is 314 g/mol. The zero-order valence-electron chi connectivity index (χ0n) is 13.8. The van der Waals surface area contributed by atoms with Crippen molar-refractivity contribution < 1.29 is 9.52 Å². The minimum absolute atomic E-state index is 0.320. The van der Waals surface area contributed by atoms with Crippen LogP contribution in [-0.4, -0.2) is 42.3 Å². The highest BCUT2D eigenvalue weighted by atomic mass is 16.3. The molecule has 0 aliphatic carbocycles. The molecule has 4 nitrogen and oxygen atoms in total. The highest BCUT2D eigenvalue weighted by molar-refractivity contribution is 5.57. The Morgan fingerprint density at radius 1 is 1.13 bits per heavy atom. The molecule has 2 aromatic rings. The van der Waals surface area contributed by atoms with Crippen molar-refractivity contribution in [3.8, 4) is 11.3 Å². The molecular weight excluding hydrogens is 288 g/mol. The summed E-state index contributed by atoms with van der Waals surface area (Å²) in [5, 5.41) is 13.3. The maximum Gasteiger partial charge on any atom is 0.134 e. The van der Waals surface area contributed by atoms with Gasteiger partial charge in [0, 0.05) is 18.7 Å². The van der Waals surface area contributed by atoms with Gasteiger partial charge in [0.1, 0.15) is 11.5 Å². The third-order valence-corrected chi connectivity index (χ3v) is 4.34. The Bertz CT molecular complexity index is 600. The van der Waals surface area contributed by atoms with E-state index in [4.69, 9.17) is 4.42 Å². The third kappa shape index (κ3) is 4.67. The highest BCUT2D eigenvalue weighted by Gasteiger charge is 2.15. The molecule has 0 bridgehead atoms. The highest BCUT2D eigenvalue weighted by Crippen LogP contribution is 2.22. The van der Waals surface area contributed by atoms with Crippen molar-refractivity contribution in [1.82, 2.24) is 10.2 Å². The summed E-state index contributed by atoms with van der Waals surface area (Å²) in [7, 11) is 0. The molecule has 1 aliphatic heterocycles. The summed E-state index contributed by atoms with van der Waals surface area (Å²) in [6.45, 7) is 6.32. The van der Waals surface area contributed by atoms with E-state index in [1.807, 2.05) is 12.1 Å². The normalized spacial score (nSPS) is 16.8. The largest absolute Gasteiger partial charge is 0.460 e. The van der Waals surface area contributed by atoms with Crippen LogP contribution >= 0.6 is 0 Å². The topological polar surface area (TPSA) is 48.6 Å². The molecular formula is C19H26N2O2. The Hall–Kier alpha value is -1.62. The lowest BCUT2D eigenvalue weighted by Gasteiger charge is -2.19. The standard InChI is InChI=1S/C19H26N2O2/c1-15-4-6-16(7-5-15)19-9-8-18(23-19)13-20-12-17(22)14-21-10-2-3-11-21/h4-9,17,20,22H,2-3,10-14H2,1H3. The fraction of sp³-hybridized carbons (Fsp3) is 0.474.